The molecule has 0 bridgehead atoms. The Labute approximate surface area is 111 Å². The first-order chi connectivity index (χ1) is 8.70. The molecule has 0 aliphatic heterocycles. The lowest BCUT2D eigenvalue weighted by atomic mass is 10.2. The number of hydrogen-bond acceptors (Lipinski definition) is 4. The molecule has 1 aromatic carbocycles. The van der Waals surface area contributed by atoms with Crippen molar-refractivity contribution in [1.82, 2.24) is 15.5 Å². The second-order valence-corrected chi connectivity index (χ2v) is 4.58. The Morgan fingerprint density at radius 1 is 1.44 bits per heavy atom. The summed E-state index contributed by atoms with van der Waals surface area (Å²) in [5, 5.41) is 7.94. The molecule has 96 valence electrons. The van der Waals surface area contributed by atoms with Gasteiger partial charge in [-0.3, -0.25) is 0 Å². The normalized spacial score (nSPS) is 12.6. The van der Waals surface area contributed by atoms with Gasteiger partial charge in [-0.05, 0) is 32.0 Å². The molecule has 1 aromatic heterocycles. The van der Waals surface area contributed by atoms with Crippen LogP contribution in [0.4, 0.5) is 0 Å². The summed E-state index contributed by atoms with van der Waals surface area (Å²) in [6.07, 6.45) is 1.07. The monoisotopic (exact) mass is 265 g/mol. The highest BCUT2D eigenvalue weighted by atomic mass is 35.5. The zero-order chi connectivity index (χ0) is 13.0. The van der Waals surface area contributed by atoms with Gasteiger partial charge in [0, 0.05) is 10.6 Å². The number of rotatable bonds is 5. The van der Waals surface area contributed by atoms with Gasteiger partial charge in [0.25, 0.3) is 0 Å². The fourth-order valence-electron chi connectivity index (χ4n) is 1.60. The van der Waals surface area contributed by atoms with Gasteiger partial charge in [0.05, 0.1) is 6.04 Å². The summed E-state index contributed by atoms with van der Waals surface area (Å²) < 4.78 is 5.25. The molecule has 0 radical (unpaired) electrons. The molecule has 0 fully saturated rings. The summed E-state index contributed by atoms with van der Waals surface area (Å²) in [5.41, 5.74) is 0.861. The molecule has 0 saturated carbocycles. The van der Waals surface area contributed by atoms with E-state index in [1.54, 1.807) is 0 Å². The fraction of sp³-hybridized carbons (Fsp3) is 0.385. The van der Waals surface area contributed by atoms with Crippen molar-refractivity contribution in [2.45, 2.75) is 26.3 Å². The van der Waals surface area contributed by atoms with E-state index in [0.29, 0.717) is 16.7 Å². The van der Waals surface area contributed by atoms with Crippen LogP contribution in [0, 0.1) is 0 Å². The number of hydrogen-bond donors (Lipinski definition) is 1. The molecular formula is C13H16ClN3O. The van der Waals surface area contributed by atoms with Gasteiger partial charge in [-0.15, -0.1) is 0 Å². The SMILES string of the molecule is CCCNC(C)c1nc(-c2cccc(Cl)c2)no1. The van der Waals surface area contributed by atoms with Crippen LogP contribution in [0.1, 0.15) is 32.2 Å². The molecule has 2 aromatic rings. The van der Waals surface area contributed by atoms with Gasteiger partial charge in [0.2, 0.25) is 11.7 Å². The van der Waals surface area contributed by atoms with Gasteiger partial charge in [-0.25, -0.2) is 0 Å². The summed E-state index contributed by atoms with van der Waals surface area (Å²) in [6.45, 7) is 5.05. The second kappa shape index (κ2) is 5.98. The van der Waals surface area contributed by atoms with Gasteiger partial charge < -0.3 is 9.84 Å². The lowest BCUT2D eigenvalue weighted by molar-refractivity contribution is 0.340. The van der Waals surface area contributed by atoms with Crippen LogP contribution in [0.15, 0.2) is 28.8 Å². The first-order valence-electron chi connectivity index (χ1n) is 6.03. The van der Waals surface area contributed by atoms with E-state index in [9.17, 15) is 0 Å². The minimum Gasteiger partial charge on any atom is -0.337 e. The molecule has 4 nitrogen and oxygen atoms in total. The lowest BCUT2D eigenvalue weighted by Crippen LogP contribution is -2.19. The molecule has 0 saturated heterocycles. The summed E-state index contributed by atoms with van der Waals surface area (Å²) >= 11 is 5.93. The molecule has 0 aliphatic carbocycles. The lowest BCUT2D eigenvalue weighted by Gasteiger charge is -2.06. The van der Waals surface area contributed by atoms with Crippen molar-refractivity contribution in [2.24, 2.45) is 0 Å². The molecule has 1 atom stereocenters. The summed E-state index contributed by atoms with van der Waals surface area (Å²) in [7, 11) is 0. The molecule has 0 spiro atoms. The summed E-state index contributed by atoms with van der Waals surface area (Å²) in [5.74, 6) is 1.16. The van der Waals surface area contributed by atoms with Crippen molar-refractivity contribution in [2.75, 3.05) is 6.54 Å². The molecule has 0 amide bonds. The fourth-order valence-corrected chi connectivity index (χ4v) is 1.79. The van der Waals surface area contributed by atoms with Gasteiger partial charge in [-0.1, -0.05) is 35.8 Å². The van der Waals surface area contributed by atoms with Crippen LogP contribution in [0.3, 0.4) is 0 Å². The molecule has 2 rings (SSSR count). The molecular weight excluding hydrogens is 250 g/mol. The zero-order valence-corrected chi connectivity index (χ0v) is 11.2. The maximum Gasteiger partial charge on any atom is 0.243 e. The van der Waals surface area contributed by atoms with Crippen molar-refractivity contribution in [3.63, 3.8) is 0 Å². The van der Waals surface area contributed by atoms with E-state index in [1.807, 2.05) is 31.2 Å². The Hall–Kier alpha value is -1.39. The third kappa shape index (κ3) is 3.09. The highest BCUT2D eigenvalue weighted by molar-refractivity contribution is 6.30. The summed E-state index contributed by atoms with van der Waals surface area (Å²) in [6, 6.07) is 7.47. The first kappa shape index (κ1) is 13.1. The maximum absolute atomic E-state index is 5.93. The topological polar surface area (TPSA) is 51.0 Å². The van der Waals surface area contributed by atoms with Crippen LogP contribution in [0.2, 0.25) is 5.02 Å². The smallest absolute Gasteiger partial charge is 0.243 e. The zero-order valence-electron chi connectivity index (χ0n) is 10.5. The Balaban J connectivity index is 2.15. The average molecular weight is 266 g/mol. The minimum absolute atomic E-state index is 0.0605. The van der Waals surface area contributed by atoms with E-state index in [0.717, 1.165) is 18.5 Å². The van der Waals surface area contributed by atoms with Gasteiger partial charge in [-0.2, -0.15) is 4.98 Å². The minimum atomic E-state index is 0.0605. The Kier molecular flexibility index (Phi) is 4.33. The largest absolute Gasteiger partial charge is 0.337 e. The van der Waals surface area contributed by atoms with E-state index in [1.165, 1.54) is 0 Å². The molecule has 1 heterocycles. The highest BCUT2D eigenvalue weighted by Gasteiger charge is 2.14. The maximum atomic E-state index is 5.93. The molecule has 1 unspecified atom stereocenters. The Morgan fingerprint density at radius 2 is 2.28 bits per heavy atom. The number of halogens is 1. The van der Waals surface area contributed by atoms with Crippen LogP contribution < -0.4 is 5.32 Å². The molecule has 5 heteroatoms. The van der Waals surface area contributed by atoms with Crippen LogP contribution in [0.5, 0.6) is 0 Å². The third-order valence-corrected chi connectivity index (χ3v) is 2.83. The number of aromatic nitrogens is 2. The Morgan fingerprint density at radius 3 is 3.00 bits per heavy atom. The first-order valence-corrected chi connectivity index (χ1v) is 6.41. The van der Waals surface area contributed by atoms with Crippen molar-refractivity contribution in [3.05, 3.63) is 35.2 Å². The number of nitrogens with zero attached hydrogens (tertiary/aromatic N) is 2. The van der Waals surface area contributed by atoms with Crippen molar-refractivity contribution in [1.29, 1.82) is 0 Å². The van der Waals surface area contributed by atoms with E-state index >= 15 is 0 Å². The van der Waals surface area contributed by atoms with Crippen molar-refractivity contribution >= 4 is 11.6 Å². The molecule has 18 heavy (non-hydrogen) atoms. The van der Waals surface area contributed by atoms with E-state index in [2.05, 4.69) is 22.4 Å². The van der Waals surface area contributed by atoms with Crippen LogP contribution in [0.25, 0.3) is 11.4 Å². The Bertz CT molecular complexity index is 512. The van der Waals surface area contributed by atoms with Gasteiger partial charge in [0.15, 0.2) is 0 Å². The quantitative estimate of drug-likeness (QED) is 0.900. The number of benzene rings is 1. The van der Waals surface area contributed by atoms with Crippen LogP contribution in [-0.4, -0.2) is 16.7 Å². The molecule has 1 N–H and O–H groups in total. The van der Waals surface area contributed by atoms with Gasteiger partial charge >= 0.3 is 0 Å². The van der Waals surface area contributed by atoms with E-state index in [4.69, 9.17) is 16.1 Å². The average Bonchev–Trinajstić information content (AvgIpc) is 2.85. The summed E-state index contributed by atoms with van der Waals surface area (Å²) in [4.78, 5) is 4.38. The second-order valence-electron chi connectivity index (χ2n) is 4.14. The van der Waals surface area contributed by atoms with E-state index < -0.39 is 0 Å². The third-order valence-electron chi connectivity index (χ3n) is 2.60. The van der Waals surface area contributed by atoms with Crippen molar-refractivity contribution < 1.29 is 4.52 Å². The number of nitrogens with one attached hydrogen (secondary N) is 1. The molecule has 0 aliphatic rings. The van der Waals surface area contributed by atoms with Gasteiger partial charge in [0.1, 0.15) is 0 Å². The van der Waals surface area contributed by atoms with Crippen LogP contribution in [-0.2, 0) is 0 Å². The highest BCUT2D eigenvalue weighted by Crippen LogP contribution is 2.21. The predicted molar refractivity (Wildman–Crippen MR) is 71.5 cm³/mol. The predicted octanol–water partition coefficient (Wildman–Crippen LogP) is 3.45. The van der Waals surface area contributed by atoms with E-state index in [-0.39, 0.29) is 6.04 Å². The standard InChI is InChI=1S/C13H16ClN3O/c1-3-7-15-9(2)13-16-12(17-18-13)10-5-4-6-11(14)8-10/h4-6,8-9,15H,3,7H2,1-2H3. The van der Waals surface area contributed by atoms with Crippen molar-refractivity contribution in [3.8, 4) is 11.4 Å². The van der Waals surface area contributed by atoms with Crippen LogP contribution >= 0.6 is 11.6 Å².